The highest BCUT2D eigenvalue weighted by atomic mass is 16.4. The van der Waals surface area contributed by atoms with Crippen LogP contribution in [0.3, 0.4) is 0 Å². The molecule has 0 aliphatic heterocycles. The topological polar surface area (TPSA) is 98.7 Å². The third kappa shape index (κ3) is 5.34. The van der Waals surface area contributed by atoms with E-state index < -0.39 is 12.1 Å². The Hall–Kier alpha value is -1.14. The molecule has 0 aromatic heterocycles. The fraction of sp³-hybridized carbons (Fsp3) is 0.778. The molecule has 0 aromatic carbocycles. The fourth-order valence-electron chi connectivity index (χ4n) is 1.06. The second kappa shape index (κ2) is 5.67. The lowest BCUT2D eigenvalue weighted by Crippen LogP contribution is -2.37. The van der Waals surface area contributed by atoms with E-state index in [1.807, 2.05) is 0 Å². The van der Waals surface area contributed by atoms with Crippen LogP contribution in [-0.4, -0.2) is 47.3 Å². The van der Waals surface area contributed by atoms with E-state index in [2.05, 4.69) is 10.6 Å². The highest BCUT2D eigenvalue weighted by molar-refractivity contribution is 5.78. The summed E-state index contributed by atoms with van der Waals surface area (Å²) in [5, 5.41) is 22.7. The van der Waals surface area contributed by atoms with Gasteiger partial charge < -0.3 is 20.8 Å². The second-order valence-electron chi connectivity index (χ2n) is 3.64. The molecular weight excluding hydrogens is 200 g/mol. The Bertz CT molecular complexity index is 240. The van der Waals surface area contributed by atoms with Gasteiger partial charge in [-0.05, 0) is 12.8 Å². The van der Waals surface area contributed by atoms with Crippen molar-refractivity contribution in [3.63, 3.8) is 0 Å². The zero-order valence-corrected chi connectivity index (χ0v) is 8.40. The standard InChI is InChI=1S/C9H16N2O4/c12-7(9(14)15)5-11-8(13)3-4-10-6-1-2-6/h6-7,10,12H,1-5H2,(H,11,13)(H,14,15). The molecule has 15 heavy (non-hydrogen) atoms. The van der Waals surface area contributed by atoms with Crippen LogP contribution in [-0.2, 0) is 9.59 Å². The Labute approximate surface area is 87.7 Å². The number of rotatable bonds is 7. The number of carboxylic acids is 1. The number of aliphatic hydroxyl groups excluding tert-OH is 1. The normalized spacial score (nSPS) is 17.1. The first kappa shape index (κ1) is 11.9. The third-order valence-corrected chi connectivity index (χ3v) is 2.14. The van der Waals surface area contributed by atoms with E-state index in [0.717, 1.165) is 0 Å². The second-order valence-corrected chi connectivity index (χ2v) is 3.64. The summed E-state index contributed by atoms with van der Waals surface area (Å²) in [5.41, 5.74) is 0. The van der Waals surface area contributed by atoms with Crippen LogP contribution in [0.1, 0.15) is 19.3 Å². The van der Waals surface area contributed by atoms with Crippen molar-refractivity contribution < 1.29 is 19.8 Å². The van der Waals surface area contributed by atoms with Gasteiger partial charge in [-0.25, -0.2) is 4.79 Å². The largest absolute Gasteiger partial charge is 0.479 e. The molecule has 1 saturated carbocycles. The van der Waals surface area contributed by atoms with Crippen LogP contribution in [0.4, 0.5) is 0 Å². The lowest BCUT2D eigenvalue weighted by Gasteiger charge is -2.07. The molecule has 0 saturated heterocycles. The Morgan fingerprint density at radius 2 is 2.07 bits per heavy atom. The van der Waals surface area contributed by atoms with Crippen LogP contribution >= 0.6 is 0 Å². The number of nitrogens with one attached hydrogen (secondary N) is 2. The molecule has 1 unspecified atom stereocenters. The lowest BCUT2D eigenvalue weighted by atomic mass is 10.3. The monoisotopic (exact) mass is 216 g/mol. The number of amides is 1. The Morgan fingerprint density at radius 1 is 1.40 bits per heavy atom. The maximum absolute atomic E-state index is 11.1. The van der Waals surface area contributed by atoms with Gasteiger partial charge in [0.2, 0.25) is 5.91 Å². The Kier molecular flexibility index (Phi) is 4.51. The van der Waals surface area contributed by atoms with Gasteiger partial charge >= 0.3 is 5.97 Å². The minimum Gasteiger partial charge on any atom is -0.479 e. The maximum atomic E-state index is 11.1. The molecule has 0 aromatic rings. The van der Waals surface area contributed by atoms with Crippen molar-refractivity contribution >= 4 is 11.9 Å². The van der Waals surface area contributed by atoms with Gasteiger partial charge in [0, 0.05) is 19.0 Å². The van der Waals surface area contributed by atoms with E-state index in [1.165, 1.54) is 12.8 Å². The van der Waals surface area contributed by atoms with Crippen molar-refractivity contribution in [3.8, 4) is 0 Å². The molecular formula is C9H16N2O4. The molecule has 1 amide bonds. The smallest absolute Gasteiger partial charge is 0.334 e. The summed E-state index contributed by atoms with van der Waals surface area (Å²) in [4.78, 5) is 21.3. The molecule has 0 spiro atoms. The van der Waals surface area contributed by atoms with Crippen LogP contribution in [0.25, 0.3) is 0 Å². The highest BCUT2D eigenvalue weighted by Crippen LogP contribution is 2.18. The van der Waals surface area contributed by atoms with Gasteiger partial charge in [-0.3, -0.25) is 4.79 Å². The van der Waals surface area contributed by atoms with E-state index in [-0.39, 0.29) is 12.5 Å². The van der Waals surface area contributed by atoms with Crippen LogP contribution in [0.5, 0.6) is 0 Å². The van der Waals surface area contributed by atoms with Gasteiger partial charge in [-0.1, -0.05) is 0 Å². The first-order chi connectivity index (χ1) is 7.09. The summed E-state index contributed by atoms with van der Waals surface area (Å²) >= 11 is 0. The third-order valence-electron chi connectivity index (χ3n) is 2.14. The quantitative estimate of drug-likeness (QED) is 0.423. The van der Waals surface area contributed by atoms with E-state index in [1.54, 1.807) is 0 Å². The van der Waals surface area contributed by atoms with Gasteiger partial charge in [0.1, 0.15) is 0 Å². The fourth-order valence-corrected chi connectivity index (χ4v) is 1.06. The zero-order chi connectivity index (χ0) is 11.3. The Balaban J connectivity index is 1.99. The number of aliphatic hydroxyl groups is 1. The molecule has 1 fully saturated rings. The summed E-state index contributed by atoms with van der Waals surface area (Å²) in [5.74, 6) is -1.57. The van der Waals surface area contributed by atoms with Crippen molar-refractivity contribution in [1.82, 2.24) is 10.6 Å². The van der Waals surface area contributed by atoms with Crippen molar-refractivity contribution in [3.05, 3.63) is 0 Å². The molecule has 1 aliphatic carbocycles. The van der Waals surface area contributed by atoms with E-state index in [4.69, 9.17) is 10.2 Å². The Morgan fingerprint density at radius 3 is 2.60 bits per heavy atom. The number of carbonyl (C=O) groups excluding carboxylic acids is 1. The average Bonchev–Trinajstić information content (AvgIpc) is 2.97. The first-order valence-electron chi connectivity index (χ1n) is 5.00. The van der Waals surface area contributed by atoms with Gasteiger partial charge in [0.25, 0.3) is 0 Å². The lowest BCUT2D eigenvalue weighted by molar-refractivity contribution is -0.146. The summed E-state index contributed by atoms with van der Waals surface area (Å²) in [7, 11) is 0. The van der Waals surface area contributed by atoms with Crippen LogP contribution in [0.15, 0.2) is 0 Å². The summed E-state index contributed by atoms with van der Waals surface area (Å²) in [6, 6.07) is 0.558. The van der Waals surface area contributed by atoms with E-state index >= 15 is 0 Å². The summed E-state index contributed by atoms with van der Waals surface area (Å²) < 4.78 is 0. The van der Waals surface area contributed by atoms with Crippen LogP contribution in [0.2, 0.25) is 0 Å². The van der Waals surface area contributed by atoms with Crippen molar-refractivity contribution in [2.45, 2.75) is 31.4 Å². The van der Waals surface area contributed by atoms with Gasteiger partial charge in [-0.2, -0.15) is 0 Å². The molecule has 4 N–H and O–H groups in total. The number of hydrogen-bond donors (Lipinski definition) is 4. The highest BCUT2D eigenvalue weighted by Gasteiger charge is 2.20. The number of carboxylic acid groups (broad SMARTS) is 1. The van der Waals surface area contributed by atoms with Gasteiger partial charge in [0.05, 0.1) is 6.54 Å². The SMILES string of the molecule is O=C(CCNC1CC1)NCC(O)C(=O)O. The zero-order valence-electron chi connectivity index (χ0n) is 8.40. The van der Waals surface area contributed by atoms with E-state index in [9.17, 15) is 9.59 Å². The van der Waals surface area contributed by atoms with Crippen LogP contribution < -0.4 is 10.6 Å². The number of carbonyl (C=O) groups is 2. The molecule has 0 bridgehead atoms. The molecule has 6 heteroatoms. The predicted octanol–water partition coefficient (Wildman–Crippen LogP) is -1.31. The van der Waals surface area contributed by atoms with Crippen molar-refractivity contribution in [1.29, 1.82) is 0 Å². The van der Waals surface area contributed by atoms with Crippen LogP contribution in [0, 0.1) is 0 Å². The molecule has 1 aliphatic rings. The summed E-state index contributed by atoms with van der Waals surface area (Å²) in [6.45, 7) is 0.358. The van der Waals surface area contributed by atoms with Crippen molar-refractivity contribution in [2.75, 3.05) is 13.1 Å². The molecule has 6 nitrogen and oxygen atoms in total. The molecule has 1 rings (SSSR count). The van der Waals surface area contributed by atoms with Gasteiger partial charge in [-0.15, -0.1) is 0 Å². The molecule has 0 radical (unpaired) electrons. The molecule has 0 heterocycles. The minimum atomic E-state index is -1.52. The van der Waals surface area contributed by atoms with E-state index in [0.29, 0.717) is 19.0 Å². The average molecular weight is 216 g/mol. The molecule has 1 atom stereocenters. The number of aliphatic carboxylic acids is 1. The first-order valence-corrected chi connectivity index (χ1v) is 5.00. The predicted molar refractivity (Wildman–Crippen MR) is 52.3 cm³/mol. The molecule has 86 valence electrons. The van der Waals surface area contributed by atoms with Gasteiger partial charge in [0.15, 0.2) is 6.10 Å². The summed E-state index contributed by atoms with van der Waals surface area (Å²) in [6.07, 6.45) is 1.12. The number of hydrogen-bond acceptors (Lipinski definition) is 4. The van der Waals surface area contributed by atoms with Crippen molar-refractivity contribution in [2.24, 2.45) is 0 Å². The maximum Gasteiger partial charge on any atom is 0.334 e. The minimum absolute atomic E-state index is 0.238.